The fourth-order valence-electron chi connectivity index (χ4n) is 9.76. The molecule has 0 aromatic rings. The number of carbonyl (C=O) groups is 3. The highest BCUT2D eigenvalue weighted by atomic mass is 16.6. The maximum Gasteiger partial charge on any atom is 0.306 e. The third-order valence-electron chi connectivity index (χ3n) is 14.5. The maximum atomic E-state index is 12.9. The summed E-state index contributed by atoms with van der Waals surface area (Å²) in [7, 11) is 0. The largest absolute Gasteiger partial charge is 0.462 e. The molecule has 0 rings (SSSR count). The molecule has 0 saturated carbocycles. The summed E-state index contributed by atoms with van der Waals surface area (Å²) in [5.74, 6) is 0.855. The van der Waals surface area contributed by atoms with Gasteiger partial charge in [0.2, 0.25) is 0 Å². The van der Waals surface area contributed by atoms with Crippen molar-refractivity contribution >= 4 is 17.9 Å². The minimum absolute atomic E-state index is 0.0620. The number of unbranched alkanes of at least 4 members (excludes halogenated alkanes) is 42. The predicted octanol–water partition coefficient (Wildman–Crippen LogP) is 20.8. The van der Waals surface area contributed by atoms with Crippen LogP contribution in [0.15, 0.2) is 0 Å². The topological polar surface area (TPSA) is 78.9 Å². The Labute approximate surface area is 431 Å². The van der Waals surface area contributed by atoms with Crippen LogP contribution in [0.25, 0.3) is 0 Å². The van der Waals surface area contributed by atoms with Gasteiger partial charge in [0.15, 0.2) is 6.10 Å². The first kappa shape index (κ1) is 67.4. The molecule has 0 N–H and O–H groups in total. The molecular formula is C63H122O6. The van der Waals surface area contributed by atoms with Crippen LogP contribution in [-0.2, 0) is 28.6 Å². The van der Waals surface area contributed by atoms with E-state index in [2.05, 4.69) is 34.6 Å². The van der Waals surface area contributed by atoms with Crippen molar-refractivity contribution in [3.05, 3.63) is 0 Å². The van der Waals surface area contributed by atoms with Crippen molar-refractivity contribution in [1.29, 1.82) is 0 Å². The molecule has 0 saturated heterocycles. The first-order valence-electron chi connectivity index (χ1n) is 31.2. The number of ether oxygens (including phenoxy) is 3. The second-order valence-electron chi connectivity index (χ2n) is 22.6. The summed E-state index contributed by atoms with van der Waals surface area (Å²) in [4.78, 5) is 38.3. The highest BCUT2D eigenvalue weighted by Gasteiger charge is 2.19. The van der Waals surface area contributed by atoms with Gasteiger partial charge in [0.25, 0.3) is 0 Å². The molecule has 0 spiro atoms. The van der Waals surface area contributed by atoms with Gasteiger partial charge in [-0.1, -0.05) is 317 Å². The van der Waals surface area contributed by atoms with E-state index in [0.29, 0.717) is 19.3 Å². The molecule has 1 atom stereocenters. The van der Waals surface area contributed by atoms with Crippen molar-refractivity contribution in [2.75, 3.05) is 13.2 Å². The SMILES string of the molecule is CCCCCCCCCCCCCCCCCCCC(=O)OC[C@H](COC(=O)CCCCCCCCCCCCCCCC(C)C)OC(=O)CCCCCCCCCCCCCCCCCC(C)C. The molecule has 0 bridgehead atoms. The molecule has 0 amide bonds. The smallest absolute Gasteiger partial charge is 0.306 e. The van der Waals surface area contributed by atoms with E-state index in [1.165, 1.54) is 244 Å². The molecule has 69 heavy (non-hydrogen) atoms. The monoisotopic (exact) mass is 975 g/mol. The predicted molar refractivity (Wildman–Crippen MR) is 298 cm³/mol. The van der Waals surface area contributed by atoms with Gasteiger partial charge in [0.05, 0.1) is 0 Å². The molecule has 6 nitrogen and oxygen atoms in total. The molecular weight excluding hydrogens is 853 g/mol. The van der Waals surface area contributed by atoms with Crippen LogP contribution < -0.4 is 0 Å². The Morgan fingerprint density at radius 1 is 0.275 bits per heavy atom. The number of carbonyl (C=O) groups excluding carboxylic acids is 3. The number of rotatable bonds is 57. The van der Waals surface area contributed by atoms with Crippen molar-refractivity contribution in [3.63, 3.8) is 0 Å². The van der Waals surface area contributed by atoms with Gasteiger partial charge in [0.1, 0.15) is 13.2 Å². The lowest BCUT2D eigenvalue weighted by molar-refractivity contribution is -0.167. The molecule has 0 aromatic heterocycles. The maximum absolute atomic E-state index is 12.9. The van der Waals surface area contributed by atoms with E-state index < -0.39 is 6.10 Å². The minimum atomic E-state index is -0.763. The van der Waals surface area contributed by atoms with Gasteiger partial charge >= 0.3 is 17.9 Å². The van der Waals surface area contributed by atoms with Crippen LogP contribution in [0.2, 0.25) is 0 Å². The third kappa shape index (κ3) is 57.2. The van der Waals surface area contributed by atoms with E-state index in [1.54, 1.807) is 0 Å². The van der Waals surface area contributed by atoms with Crippen LogP contribution in [0.4, 0.5) is 0 Å². The van der Waals surface area contributed by atoms with Crippen molar-refractivity contribution < 1.29 is 28.6 Å². The third-order valence-corrected chi connectivity index (χ3v) is 14.5. The molecule has 410 valence electrons. The lowest BCUT2D eigenvalue weighted by Crippen LogP contribution is -2.30. The zero-order valence-electron chi connectivity index (χ0n) is 47.5. The Morgan fingerprint density at radius 2 is 0.478 bits per heavy atom. The summed E-state index contributed by atoms with van der Waals surface area (Å²) in [5.41, 5.74) is 0. The summed E-state index contributed by atoms with van der Waals surface area (Å²) in [6, 6.07) is 0. The first-order valence-corrected chi connectivity index (χ1v) is 31.2. The van der Waals surface area contributed by atoms with Gasteiger partial charge in [-0.15, -0.1) is 0 Å². The molecule has 0 aliphatic rings. The van der Waals surface area contributed by atoms with Crippen LogP contribution >= 0.6 is 0 Å². The zero-order chi connectivity index (χ0) is 50.4. The van der Waals surface area contributed by atoms with Gasteiger partial charge in [-0.3, -0.25) is 14.4 Å². The Balaban J connectivity index is 4.29. The lowest BCUT2D eigenvalue weighted by atomic mass is 10.0. The quantitative estimate of drug-likeness (QED) is 0.0343. The van der Waals surface area contributed by atoms with E-state index in [0.717, 1.165) is 69.6 Å². The fourth-order valence-corrected chi connectivity index (χ4v) is 9.76. The van der Waals surface area contributed by atoms with Crippen molar-refractivity contribution in [3.8, 4) is 0 Å². The summed E-state index contributed by atoms with van der Waals surface area (Å²) >= 11 is 0. The highest BCUT2D eigenvalue weighted by molar-refractivity contribution is 5.71. The summed E-state index contributed by atoms with van der Waals surface area (Å²) in [6.07, 6.45) is 61.0. The van der Waals surface area contributed by atoms with Crippen LogP contribution in [0.1, 0.15) is 356 Å². The van der Waals surface area contributed by atoms with Crippen molar-refractivity contribution in [2.24, 2.45) is 11.8 Å². The lowest BCUT2D eigenvalue weighted by Gasteiger charge is -2.18. The molecule has 0 radical (unpaired) electrons. The normalized spacial score (nSPS) is 12.0. The van der Waals surface area contributed by atoms with Crippen LogP contribution in [0.3, 0.4) is 0 Å². The fraction of sp³-hybridized carbons (Fsp3) is 0.952. The number of esters is 3. The van der Waals surface area contributed by atoms with Crippen LogP contribution in [0, 0.1) is 11.8 Å². The molecule has 0 aromatic carbocycles. The summed E-state index contributed by atoms with van der Waals surface area (Å²) in [5, 5.41) is 0. The van der Waals surface area contributed by atoms with E-state index >= 15 is 0 Å². The molecule has 6 heteroatoms. The van der Waals surface area contributed by atoms with E-state index in [1.807, 2.05) is 0 Å². The average Bonchev–Trinajstić information content (AvgIpc) is 3.32. The summed E-state index contributed by atoms with van der Waals surface area (Å²) in [6.45, 7) is 11.4. The Bertz CT molecular complexity index is 1060. The first-order chi connectivity index (χ1) is 33.7. The van der Waals surface area contributed by atoms with Gasteiger partial charge in [-0.05, 0) is 31.1 Å². The second-order valence-corrected chi connectivity index (χ2v) is 22.6. The number of hydrogen-bond donors (Lipinski definition) is 0. The molecule has 0 aliphatic carbocycles. The van der Waals surface area contributed by atoms with Gasteiger partial charge in [0, 0.05) is 19.3 Å². The molecule has 0 heterocycles. The molecule has 0 unspecified atom stereocenters. The van der Waals surface area contributed by atoms with Crippen molar-refractivity contribution in [1.82, 2.24) is 0 Å². The van der Waals surface area contributed by atoms with E-state index in [-0.39, 0.29) is 31.1 Å². The highest BCUT2D eigenvalue weighted by Crippen LogP contribution is 2.19. The Morgan fingerprint density at radius 3 is 0.710 bits per heavy atom. The molecule has 0 aliphatic heterocycles. The average molecular weight is 976 g/mol. The van der Waals surface area contributed by atoms with E-state index in [9.17, 15) is 14.4 Å². The minimum Gasteiger partial charge on any atom is -0.462 e. The van der Waals surface area contributed by atoms with Crippen molar-refractivity contribution in [2.45, 2.75) is 362 Å². The van der Waals surface area contributed by atoms with Gasteiger partial charge in [-0.25, -0.2) is 0 Å². The standard InChI is InChI=1S/C63H122O6/c1-6-7-8-9-10-11-12-13-14-15-18-23-28-33-38-43-48-53-61(64)67-56-60(57-68-62(65)54-49-44-39-34-29-25-20-22-27-32-37-42-47-52-59(4)5)69-63(66)55-50-45-40-35-30-24-19-16-17-21-26-31-36-41-46-51-58(2)3/h58-60H,6-57H2,1-5H3/t60-/m1/s1. The van der Waals surface area contributed by atoms with E-state index in [4.69, 9.17) is 14.2 Å². The number of hydrogen-bond acceptors (Lipinski definition) is 6. The zero-order valence-corrected chi connectivity index (χ0v) is 47.5. The summed E-state index contributed by atoms with van der Waals surface area (Å²) < 4.78 is 16.9. The van der Waals surface area contributed by atoms with Gasteiger partial charge in [-0.2, -0.15) is 0 Å². The second kappa shape index (κ2) is 55.7. The van der Waals surface area contributed by atoms with Crippen LogP contribution in [0.5, 0.6) is 0 Å². The van der Waals surface area contributed by atoms with Crippen LogP contribution in [-0.4, -0.2) is 37.2 Å². The molecule has 0 fully saturated rings. The Kier molecular flexibility index (Phi) is 54.4. The Hall–Kier alpha value is -1.59. The van der Waals surface area contributed by atoms with Gasteiger partial charge < -0.3 is 14.2 Å².